The lowest BCUT2D eigenvalue weighted by Crippen LogP contribution is -2.61. The maximum Gasteiger partial charge on any atom is 0.418 e. The molecule has 0 spiro atoms. The van der Waals surface area contributed by atoms with Gasteiger partial charge in [0.25, 0.3) is 5.17 Å². The molecule has 0 aliphatic carbocycles. The van der Waals surface area contributed by atoms with Crippen molar-refractivity contribution in [2.45, 2.75) is 142 Å². The standard InChI is InChI=1S/C40H56N4O12S/c1-13-29-40(10)33(44(25(7)45)38(57)56-40)22(4)30(47)20(2)17-39(9,55-37(50)43-15-14-27(18-41)19-43)34(23(5)31(48)24(6)35(49)53-29)54-36-32(52-26(8)46)28(42(11)12)16-21(3)51-36/h14-15,19-24,28-29,32-34,36H,13,16-17H2,1-12H3/t20-,21-,22+,23+,24-,28+,29-,32-,33-,34?,36+,39-,40-/m1/s1. The highest BCUT2D eigenvalue weighted by molar-refractivity contribution is 7.80. The maximum atomic E-state index is 14.7. The second kappa shape index (κ2) is 17.7. The Morgan fingerprint density at radius 1 is 1.05 bits per heavy atom. The number of rotatable bonds is 6. The van der Waals surface area contributed by atoms with Gasteiger partial charge in [-0.2, -0.15) is 5.26 Å². The van der Waals surface area contributed by atoms with Crippen molar-refractivity contribution in [1.82, 2.24) is 14.4 Å². The molecule has 0 saturated carbocycles. The average molecular weight is 817 g/mol. The number of ketones is 2. The maximum absolute atomic E-state index is 14.7. The van der Waals surface area contributed by atoms with E-state index in [9.17, 15) is 34.0 Å². The monoisotopic (exact) mass is 816 g/mol. The Morgan fingerprint density at radius 2 is 1.70 bits per heavy atom. The quantitative estimate of drug-likeness (QED) is 0.172. The van der Waals surface area contributed by atoms with Crippen molar-refractivity contribution in [1.29, 1.82) is 5.26 Å². The van der Waals surface area contributed by atoms with Gasteiger partial charge >= 0.3 is 18.0 Å². The van der Waals surface area contributed by atoms with Crippen molar-refractivity contribution < 1.29 is 57.2 Å². The Labute approximate surface area is 339 Å². The number of hydrogen-bond donors (Lipinski definition) is 0. The zero-order valence-electron chi connectivity index (χ0n) is 34.8. The van der Waals surface area contributed by atoms with Crippen molar-refractivity contribution in [2.75, 3.05) is 14.1 Å². The van der Waals surface area contributed by atoms with E-state index < -0.39 is 107 Å². The summed E-state index contributed by atoms with van der Waals surface area (Å²) in [6, 6.07) is 1.95. The van der Waals surface area contributed by atoms with Crippen LogP contribution in [0.25, 0.3) is 0 Å². The molecule has 0 N–H and O–H groups in total. The molecule has 1 unspecified atom stereocenters. The summed E-state index contributed by atoms with van der Waals surface area (Å²) in [7, 11) is 3.63. The van der Waals surface area contributed by atoms with Gasteiger partial charge in [-0.25, -0.2) is 4.79 Å². The number of likely N-dealkylation sites (N-methyl/N-ethyl adjacent to an activating group) is 1. The second-order valence-electron chi connectivity index (χ2n) is 16.2. The third-order valence-corrected chi connectivity index (χ3v) is 11.8. The molecule has 3 aliphatic rings. The van der Waals surface area contributed by atoms with Gasteiger partial charge < -0.3 is 33.3 Å². The Kier molecular flexibility index (Phi) is 14.1. The molecule has 0 radical (unpaired) electrons. The molecule has 17 heteroatoms. The van der Waals surface area contributed by atoms with E-state index in [0.29, 0.717) is 6.42 Å². The molecule has 4 heterocycles. The van der Waals surface area contributed by atoms with Gasteiger partial charge in [-0.3, -0.25) is 33.4 Å². The van der Waals surface area contributed by atoms with Crippen LogP contribution in [0.2, 0.25) is 0 Å². The minimum absolute atomic E-state index is 0.174. The van der Waals surface area contributed by atoms with E-state index in [4.69, 9.17) is 40.6 Å². The van der Waals surface area contributed by atoms with Gasteiger partial charge in [-0.05, 0) is 79.3 Å². The number of Topliss-reactive ketones (excluding diaryl/α,β-unsaturated/α-hetero) is 2. The van der Waals surface area contributed by atoms with Crippen LogP contribution in [0, 0.1) is 35.0 Å². The molecular weight excluding hydrogens is 761 g/mol. The fourth-order valence-corrected chi connectivity index (χ4v) is 9.15. The van der Waals surface area contributed by atoms with Crippen LogP contribution in [0.3, 0.4) is 0 Å². The summed E-state index contributed by atoms with van der Waals surface area (Å²) < 4.78 is 38.4. The fraction of sp³-hybridized carbons (Fsp3) is 0.700. The topological polar surface area (TPSA) is 193 Å². The summed E-state index contributed by atoms with van der Waals surface area (Å²) >= 11 is 5.50. The van der Waals surface area contributed by atoms with E-state index in [0.717, 1.165) is 4.57 Å². The van der Waals surface area contributed by atoms with Crippen LogP contribution in [-0.4, -0.2) is 123 Å². The summed E-state index contributed by atoms with van der Waals surface area (Å²) in [5, 5.41) is 9.27. The number of aromatic nitrogens is 1. The summed E-state index contributed by atoms with van der Waals surface area (Å²) in [6.45, 7) is 15.4. The van der Waals surface area contributed by atoms with Crippen LogP contribution >= 0.6 is 12.2 Å². The molecule has 16 nitrogen and oxygen atoms in total. The third-order valence-electron chi connectivity index (χ3n) is 11.6. The Balaban J connectivity index is 1.94. The number of hydrogen-bond acceptors (Lipinski definition) is 15. The van der Waals surface area contributed by atoms with Crippen LogP contribution in [-0.2, 0) is 52.4 Å². The summed E-state index contributed by atoms with van der Waals surface area (Å²) in [5.74, 6) is -7.57. The second-order valence-corrected chi connectivity index (χ2v) is 16.6. The van der Waals surface area contributed by atoms with Crippen molar-refractivity contribution in [3.63, 3.8) is 0 Å². The lowest BCUT2D eigenvalue weighted by atomic mass is 9.73. The number of ether oxygens (including phenoxy) is 6. The lowest BCUT2D eigenvalue weighted by molar-refractivity contribution is -0.295. The van der Waals surface area contributed by atoms with E-state index in [1.807, 2.05) is 32.0 Å². The molecule has 3 fully saturated rings. The van der Waals surface area contributed by atoms with Gasteiger partial charge in [0.2, 0.25) is 5.91 Å². The molecule has 314 valence electrons. The van der Waals surface area contributed by atoms with Crippen molar-refractivity contribution in [3.8, 4) is 6.07 Å². The van der Waals surface area contributed by atoms with E-state index in [-0.39, 0.29) is 29.4 Å². The highest BCUT2D eigenvalue weighted by Gasteiger charge is 2.60. The molecular formula is C40H56N4O12S. The fourth-order valence-electron chi connectivity index (χ4n) is 8.73. The van der Waals surface area contributed by atoms with Crippen molar-refractivity contribution in [3.05, 3.63) is 24.0 Å². The number of carbonyl (C=O) groups excluding carboxylic acids is 6. The highest BCUT2D eigenvalue weighted by atomic mass is 32.1. The summed E-state index contributed by atoms with van der Waals surface area (Å²) in [5.41, 5.74) is -3.17. The minimum Gasteiger partial charge on any atom is -0.458 e. The molecule has 1 aromatic heterocycles. The Bertz CT molecular complexity index is 1790. The minimum atomic E-state index is -1.86. The molecule has 1 amide bonds. The molecule has 57 heavy (non-hydrogen) atoms. The van der Waals surface area contributed by atoms with Crippen LogP contribution in [0.5, 0.6) is 0 Å². The first-order chi connectivity index (χ1) is 26.5. The van der Waals surface area contributed by atoms with Crippen molar-refractivity contribution in [2.24, 2.45) is 23.7 Å². The van der Waals surface area contributed by atoms with Gasteiger partial charge in [-0.1, -0.05) is 27.7 Å². The molecule has 13 atom stereocenters. The van der Waals surface area contributed by atoms with Crippen LogP contribution < -0.4 is 0 Å². The van der Waals surface area contributed by atoms with Gasteiger partial charge in [0, 0.05) is 44.0 Å². The van der Waals surface area contributed by atoms with E-state index in [1.165, 1.54) is 58.0 Å². The normalized spacial score (nSPS) is 36.7. The number of amides is 1. The molecule has 3 saturated heterocycles. The van der Waals surface area contributed by atoms with E-state index >= 15 is 0 Å². The lowest BCUT2D eigenvalue weighted by Gasteiger charge is -2.47. The van der Waals surface area contributed by atoms with E-state index in [1.54, 1.807) is 27.7 Å². The predicted molar refractivity (Wildman–Crippen MR) is 206 cm³/mol. The molecule has 1 aromatic rings. The number of nitriles is 1. The zero-order chi connectivity index (χ0) is 42.9. The van der Waals surface area contributed by atoms with Crippen LogP contribution in [0.15, 0.2) is 18.5 Å². The van der Waals surface area contributed by atoms with Gasteiger partial charge in [0.1, 0.15) is 35.6 Å². The first kappa shape index (κ1) is 45.5. The van der Waals surface area contributed by atoms with Gasteiger partial charge in [0.05, 0.1) is 23.8 Å². The Hall–Kier alpha value is -4.24. The molecule has 0 aromatic carbocycles. The number of thiocarbonyl (C=S) groups is 1. The smallest absolute Gasteiger partial charge is 0.418 e. The number of carbonyl (C=O) groups is 6. The predicted octanol–water partition coefficient (Wildman–Crippen LogP) is 4.18. The first-order valence-electron chi connectivity index (χ1n) is 19.3. The van der Waals surface area contributed by atoms with Gasteiger partial charge in [0.15, 0.2) is 23.8 Å². The van der Waals surface area contributed by atoms with Crippen LogP contribution in [0.4, 0.5) is 4.79 Å². The number of fused-ring (bicyclic) bond motifs is 1. The first-order valence-corrected chi connectivity index (χ1v) is 19.7. The highest BCUT2D eigenvalue weighted by Crippen LogP contribution is 2.43. The number of cyclic esters (lactones) is 1. The third kappa shape index (κ3) is 9.24. The van der Waals surface area contributed by atoms with Crippen LogP contribution in [0.1, 0.15) is 94.1 Å². The van der Waals surface area contributed by atoms with Gasteiger partial charge in [-0.15, -0.1) is 0 Å². The molecule has 0 bridgehead atoms. The largest absolute Gasteiger partial charge is 0.458 e. The summed E-state index contributed by atoms with van der Waals surface area (Å²) in [6.07, 6.45) is -3.17. The Morgan fingerprint density at radius 3 is 2.25 bits per heavy atom. The summed E-state index contributed by atoms with van der Waals surface area (Å²) in [4.78, 5) is 86.0. The van der Waals surface area contributed by atoms with E-state index in [2.05, 4.69) is 0 Å². The van der Waals surface area contributed by atoms with Crippen molar-refractivity contribution >= 4 is 52.9 Å². The molecule has 4 rings (SSSR count). The number of esters is 2. The SMILES string of the molecule is CC[C@H]1OC(=O)[C@H](C)C(=O)[C@H](C)C(O[C@@H]2O[C@H](C)C[C@H](N(C)C)[C@H]2OC(C)=O)[C@](C)(OC(=O)n2ccc(C#N)c2)C[C@@H](C)C(=O)[C@H](C)[C@H]2N(C(C)=O)C(=S)O[C@]12C. The number of nitrogens with zero attached hydrogens (tertiary/aromatic N) is 4. The average Bonchev–Trinajstić information content (AvgIpc) is 3.73. The molecule has 3 aliphatic heterocycles. The zero-order valence-corrected chi connectivity index (χ0v) is 35.6.